The first-order chi connectivity index (χ1) is 9.34. The number of nitrogens with zero attached hydrogens (tertiary/aromatic N) is 1. The van der Waals surface area contributed by atoms with E-state index < -0.39 is 5.91 Å². The van der Waals surface area contributed by atoms with Gasteiger partial charge in [0.15, 0.2) is 0 Å². The third-order valence-electron chi connectivity index (χ3n) is 3.19. The first-order valence-corrected chi connectivity index (χ1v) is 7.81. The Morgan fingerprint density at radius 1 is 1.00 bits per heavy atom. The van der Waals surface area contributed by atoms with E-state index in [1.165, 1.54) is 32.1 Å². The highest BCUT2D eigenvalue weighted by Gasteiger charge is 2.16. The van der Waals surface area contributed by atoms with Gasteiger partial charge in [0.25, 0.3) is 0 Å². The molecule has 0 saturated heterocycles. The fourth-order valence-corrected chi connectivity index (χ4v) is 1.91. The summed E-state index contributed by atoms with van der Waals surface area (Å²) >= 11 is 0. The number of hydrogen-bond acceptors (Lipinski definition) is 5. The molecule has 0 spiro atoms. The Bertz CT molecular complexity index is 216. The Balaban J connectivity index is 3.18. The molecule has 0 aliphatic heterocycles. The fraction of sp³-hybridized carbons (Fsp3) is 1.00. The van der Waals surface area contributed by atoms with E-state index in [0.29, 0.717) is 13.0 Å². The standard InChI is InChI=1S/C15H32NO4/c1-14(2)10-7-5-4-6-8-12-20-13-9-11-16(19)15(3,17)18/h14,17-18H,4-13H2,1-3H3/q-1. The van der Waals surface area contributed by atoms with Crippen LogP contribution in [0.4, 0.5) is 0 Å². The molecule has 0 unspecified atom stereocenters. The predicted octanol–water partition coefficient (Wildman–Crippen LogP) is 2.85. The Labute approximate surface area is 123 Å². The lowest BCUT2D eigenvalue weighted by Gasteiger charge is -2.37. The number of hydroxylamine groups is 2. The van der Waals surface area contributed by atoms with Crippen molar-refractivity contribution in [2.75, 3.05) is 19.8 Å². The summed E-state index contributed by atoms with van der Waals surface area (Å²) < 4.78 is 5.41. The normalized spacial score (nSPS) is 12.6. The molecule has 2 N–H and O–H groups in total. The lowest BCUT2D eigenvalue weighted by atomic mass is 10.0. The van der Waals surface area contributed by atoms with Crippen molar-refractivity contribution in [3.05, 3.63) is 5.21 Å². The molecule has 0 atom stereocenters. The topological polar surface area (TPSA) is 76.0 Å². The molecule has 0 aliphatic carbocycles. The van der Waals surface area contributed by atoms with E-state index in [1.807, 2.05) is 0 Å². The van der Waals surface area contributed by atoms with Gasteiger partial charge in [0, 0.05) is 20.1 Å². The second-order valence-corrected chi connectivity index (χ2v) is 5.99. The number of unbranched alkanes of at least 4 members (excludes halogenated alkanes) is 4. The summed E-state index contributed by atoms with van der Waals surface area (Å²) in [5, 5.41) is 29.3. The van der Waals surface area contributed by atoms with Crippen LogP contribution in [0.2, 0.25) is 0 Å². The molecule has 0 rings (SSSR count). The van der Waals surface area contributed by atoms with Gasteiger partial charge in [-0.25, -0.2) is 0 Å². The zero-order chi connectivity index (χ0) is 15.4. The van der Waals surface area contributed by atoms with E-state index >= 15 is 0 Å². The van der Waals surface area contributed by atoms with Gasteiger partial charge in [0.1, 0.15) is 0 Å². The van der Waals surface area contributed by atoms with Gasteiger partial charge in [-0.15, -0.1) is 0 Å². The van der Waals surface area contributed by atoms with Gasteiger partial charge in [0.2, 0.25) is 5.91 Å². The fourth-order valence-electron chi connectivity index (χ4n) is 1.91. The molecule has 0 fully saturated rings. The van der Waals surface area contributed by atoms with Crippen molar-refractivity contribution in [1.82, 2.24) is 5.06 Å². The van der Waals surface area contributed by atoms with Crippen molar-refractivity contribution < 1.29 is 14.9 Å². The summed E-state index contributed by atoms with van der Waals surface area (Å²) in [6.07, 6.45) is 7.95. The molecular weight excluding hydrogens is 258 g/mol. The van der Waals surface area contributed by atoms with Crippen LogP contribution in [0, 0.1) is 11.1 Å². The van der Waals surface area contributed by atoms with Crippen molar-refractivity contribution >= 4 is 0 Å². The highest BCUT2D eigenvalue weighted by molar-refractivity contribution is 4.62. The van der Waals surface area contributed by atoms with E-state index in [4.69, 9.17) is 14.9 Å². The molecule has 0 radical (unpaired) electrons. The number of ether oxygens (including phenoxy) is 1. The first kappa shape index (κ1) is 19.8. The molecule has 5 nitrogen and oxygen atoms in total. The van der Waals surface area contributed by atoms with Crippen LogP contribution >= 0.6 is 0 Å². The van der Waals surface area contributed by atoms with Crippen LogP contribution in [0.1, 0.15) is 65.7 Å². The maximum Gasteiger partial charge on any atom is 0.210 e. The van der Waals surface area contributed by atoms with E-state index in [2.05, 4.69) is 13.8 Å². The molecule has 0 bridgehead atoms. The second kappa shape index (κ2) is 11.5. The largest absolute Gasteiger partial charge is 0.781 e. The molecule has 0 aliphatic rings. The maximum absolute atomic E-state index is 11.1. The number of aliphatic hydroxyl groups is 2. The van der Waals surface area contributed by atoms with Crippen molar-refractivity contribution in [1.29, 1.82) is 0 Å². The van der Waals surface area contributed by atoms with Gasteiger partial charge < -0.3 is 25.2 Å². The highest BCUT2D eigenvalue weighted by atomic mass is 16.6. The molecule has 122 valence electrons. The molecule has 0 saturated carbocycles. The van der Waals surface area contributed by atoms with Gasteiger partial charge in [-0.2, -0.15) is 0 Å². The molecule has 0 amide bonds. The SMILES string of the molecule is CC(C)CCCCCCCOCCCN([O-])C(C)(O)O. The molecule has 0 aromatic carbocycles. The third kappa shape index (κ3) is 12.8. The number of rotatable bonds is 13. The molecule has 5 heteroatoms. The Kier molecular flexibility index (Phi) is 11.3. The lowest BCUT2D eigenvalue weighted by Crippen LogP contribution is -2.42. The van der Waals surface area contributed by atoms with Gasteiger partial charge in [0.05, 0.1) is 0 Å². The minimum absolute atomic E-state index is 0.0682. The highest BCUT2D eigenvalue weighted by Crippen LogP contribution is 2.10. The summed E-state index contributed by atoms with van der Waals surface area (Å²) in [5.41, 5.74) is 0. The van der Waals surface area contributed by atoms with Gasteiger partial charge >= 0.3 is 0 Å². The van der Waals surface area contributed by atoms with Crippen molar-refractivity contribution in [2.45, 2.75) is 71.6 Å². The summed E-state index contributed by atoms with van der Waals surface area (Å²) in [6.45, 7) is 6.85. The number of hydrogen-bond donors (Lipinski definition) is 2. The van der Waals surface area contributed by atoms with Crippen LogP contribution in [0.15, 0.2) is 0 Å². The smallest absolute Gasteiger partial charge is 0.210 e. The third-order valence-corrected chi connectivity index (χ3v) is 3.19. The summed E-state index contributed by atoms with van der Waals surface area (Å²) in [6, 6.07) is 0. The van der Waals surface area contributed by atoms with Crippen LogP contribution in [-0.2, 0) is 4.74 Å². The minimum atomic E-state index is -2.28. The van der Waals surface area contributed by atoms with E-state index in [0.717, 1.165) is 25.9 Å². The lowest BCUT2D eigenvalue weighted by molar-refractivity contribution is -0.234. The van der Waals surface area contributed by atoms with Crippen molar-refractivity contribution in [3.8, 4) is 0 Å². The summed E-state index contributed by atoms with van der Waals surface area (Å²) in [5.74, 6) is -1.48. The minimum Gasteiger partial charge on any atom is -0.781 e. The maximum atomic E-state index is 11.1. The summed E-state index contributed by atoms with van der Waals surface area (Å²) in [4.78, 5) is 0. The molecule has 0 aromatic rings. The van der Waals surface area contributed by atoms with Crippen LogP contribution in [-0.4, -0.2) is 40.9 Å². The van der Waals surface area contributed by atoms with Crippen LogP contribution in [0.3, 0.4) is 0 Å². The summed E-state index contributed by atoms with van der Waals surface area (Å²) in [7, 11) is 0. The van der Waals surface area contributed by atoms with Crippen LogP contribution in [0.5, 0.6) is 0 Å². The second-order valence-electron chi connectivity index (χ2n) is 5.99. The zero-order valence-corrected chi connectivity index (χ0v) is 13.3. The van der Waals surface area contributed by atoms with E-state index in [-0.39, 0.29) is 11.6 Å². The van der Waals surface area contributed by atoms with Crippen molar-refractivity contribution in [2.24, 2.45) is 5.92 Å². The Morgan fingerprint density at radius 2 is 1.55 bits per heavy atom. The van der Waals surface area contributed by atoms with E-state index in [9.17, 15) is 5.21 Å². The van der Waals surface area contributed by atoms with Crippen molar-refractivity contribution in [3.63, 3.8) is 0 Å². The Morgan fingerprint density at radius 3 is 2.15 bits per heavy atom. The van der Waals surface area contributed by atoms with E-state index in [1.54, 1.807) is 0 Å². The molecule has 0 heterocycles. The zero-order valence-electron chi connectivity index (χ0n) is 13.3. The van der Waals surface area contributed by atoms with Crippen LogP contribution < -0.4 is 0 Å². The first-order valence-electron chi connectivity index (χ1n) is 7.81. The predicted molar refractivity (Wildman–Crippen MR) is 80.9 cm³/mol. The average molecular weight is 290 g/mol. The van der Waals surface area contributed by atoms with Gasteiger partial charge in [-0.1, -0.05) is 46.0 Å². The average Bonchev–Trinajstić information content (AvgIpc) is 2.34. The molecular formula is C15H32NO4-. The van der Waals surface area contributed by atoms with Crippen LogP contribution in [0.25, 0.3) is 0 Å². The van der Waals surface area contributed by atoms with Gasteiger partial charge in [-0.3, -0.25) is 0 Å². The Hall–Kier alpha value is -0.200. The molecule has 20 heavy (non-hydrogen) atoms. The molecule has 0 aromatic heterocycles. The quantitative estimate of drug-likeness (QED) is 0.310. The van der Waals surface area contributed by atoms with Gasteiger partial charge in [-0.05, 0) is 25.3 Å². The monoisotopic (exact) mass is 290 g/mol.